The minimum atomic E-state index is -4.17. The van der Waals surface area contributed by atoms with Gasteiger partial charge in [-0.25, -0.2) is 9.36 Å². The maximum atomic E-state index is 13.6. The fourth-order valence-corrected chi connectivity index (χ4v) is 6.29. The molecule has 4 N–H and O–H groups in total. The van der Waals surface area contributed by atoms with Gasteiger partial charge in [-0.2, -0.15) is 5.09 Å². The molecular formula is C21H28N3O9PS. The van der Waals surface area contributed by atoms with E-state index in [-0.39, 0.29) is 18.5 Å². The molecule has 12 nitrogen and oxygen atoms in total. The smallest absolute Gasteiger partial charge is 0.459 e. The van der Waals surface area contributed by atoms with E-state index in [1.807, 2.05) is 0 Å². The van der Waals surface area contributed by atoms with Crippen LogP contribution in [0, 0.1) is 0 Å². The van der Waals surface area contributed by atoms with E-state index in [9.17, 15) is 29.2 Å². The van der Waals surface area contributed by atoms with E-state index in [1.165, 1.54) is 13.1 Å². The quantitative estimate of drug-likeness (QED) is 0.256. The van der Waals surface area contributed by atoms with Crippen LogP contribution in [0.5, 0.6) is 5.75 Å². The van der Waals surface area contributed by atoms with Crippen molar-refractivity contribution in [3.8, 4) is 5.75 Å². The van der Waals surface area contributed by atoms with Gasteiger partial charge in [-0.3, -0.25) is 23.7 Å². The molecule has 0 radical (unpaired) electrons. The standard InChI is InChI=1S/C21H28N3O9PS/c1-12(2)32-20(28)13(3)23-34(30,33-14-7-5-4-6-8-14)31-11-15-17(26)18(27)19(35-15)24-10-9-16(25)22-21(24)29/h4-10,12-13,15,17-19,26-27H,11H2,1-3H3,(H,23,30)(H,22,25,29)/t13-,15+,17?,18?,19+,34+/m0/s1. The van der Waals surface area contributed by atoms with Crippen molar-refractivity contribution in [3.05, 3.63) is 63.4 Å². The summed E-state index contributed by atoms with van der Waals surface area (Å²) < 4.78 is 30.9. The fraction of sp³-hybridized carbons (Fsp3) is 0.476. The minimum Gasteiger partial charge on any atom is -0.462 e. The molecule has 2 aromatic rings. The Morgan fingerprint density at radius 1 is 1.17 bits per heavy atom. The number of aliphatic hydroxyl groups is 2. The van der Waals surface area contributed by atoms with Crippen LogP contribution in [0.4, 0.5) is 0 Å². The van der Waals surface area contributed by atoms with Crippen LogP contribution in [-0.4, -0.2) is 61.9 Å². The van der Waals surface area contributed by atoms with Gasteiger partial charge >= 0.3 is 19.4 Å². The number of aliphatic hydroxyl groups excluding tert-OH is 2. The van der Waals surface area contributed by atoms with Gasteiger partial charge in [-0.15, -0.1) is 11.8 Å². The van der Waals surface area contributed by atoms with Crippen LogP contribution in [0.25, 0.3) is 0 Å². The van der Waals surface area contributed by atoms with Gasteiger partial charge in [-0.05, 0) is 32.9 Å². The summed E-state index contributed by atoms with van der Waals surface area (Å²) in [6, 6.07) is 8.23. The summed E-state index contributed by atoms with van der Waals surface area (Å²) in [6.07, 6.45) is -1.90. The van der Waals surface area contributed by atoms with Crippen LogP contribution < -0.4 is 20.9 Å². The third kappa shape index (κ3) is 7.06. The number of benzene rings is 1. The number of rotatable bonds is 10. The van der Waals surface area contributed by atoms with Crippen LogP contribution in [0.2, 0.25) is 0 Å². The number of H-pyrrole nitrogens is 1. The summed E-state index contributed by atoms with van der Waals surface area (Å²) in [7, 11) is -4.17. The zero-order valence-electron chi connectivity index (χ0n) is 19.3. The fourth-order valence-electron chi connectivity index (χ4n) is 3.23. The number of esters is 1. The van der Waals surface area contributed by atoms with E-state index in [2.05, 4.69) is 10.1 Å². The first-order valence-corrected chi connectivity index (χ1v) is 13.3. The topological polar surface area (TPSA) is 169 Å². The molecule has 1 aliphatic heterocycles. The number of hydrogen-bond acceptors (Lipinski definition) is 10. The Hall–Kier alpha value is -2.41. The number of nitrogens with zero attached hydrogens (tertiary/aromatic N) is 1. The second-order valence-electron chi connectivity index (χ2n) is 8.10. The molecule has 0 saturated carbocycles. The van der Waals surface area contributed by atoms with Gasteiger partial charge in [0.2, 0.25) is 0 Å². The molecule has 1 fully saturated rings. The summed E-state index contributed by atoms with van der Waals surface area (Å²) in [5.74, 6) is -0.450. The molecular weight excluding hydrogens is 501 g/mol. The van der Waals surface area contributed by atoms with Gasteiger partial charge in [0.25, 0.3) is 5.56 Å². The summed E-state index contributed by atoms with van der Waals surface area (Å²) in [5, 5.41) is 21.8. The molecule has 1 saturated heterocycles. The maximum absolute atomic E-state index is 13.6. The van der Waals surface area contributed by atoms with Gasteiger partial charge < -0.3 is 19.5 Å². The molecule has 1 aromatic heterocycles. The monoisotopic (exact) mass is 529 g/mol. The zero-order chi connectivity index (χ0) is 25.8. The van der Waals surface area contributed by atoms with Gasteiger partial charge in [0.15, 0.2) is 0 Å². The normalized spacial score (nSPS) is 24.6. The summed E-state index contributed by atoms with van der Waals surface area (Å²) >= 11 is 1.00. The molecule has 1 aliphatic rings. The van der Waals surface area contributed by atoms with Gasteiger partial charge in [0.05, 0.1) is 24.1 Å². The van der Waals surface area contributed by atoms with E-state index in [4.69, 9.17) is 13.8 Å². The molecule has 2 unspecified atom stereocenters. The van der Waals surface area contributed by atoms with Crippen LogP contribution in [0.15, 0.2) is 52.2 Å². The Kier molecular flexibility index (Phi) is 8.97. The van der Waals surface area contributed by atoms with E-state index in [1.54, 1.807) is 44.2 Å². The van der Waals surface area contributed by atoms with Crippen LogP contribution >= 0.6 is 19.5 Å². The average molecular weight is 530 g/mol. The van der Waals surface area contributed by atoms with E-state index < -0.39 is 53.8 Å². The van der Waals surface area contributed by atoms with Crippen molar-refractivity contribution in [3.63, 3.8) is 0 Å². The molecule has 14 heteroatoms. The van der Waals surface area contributed by atoms with Crippen molar-refractivity contribution < 1.29 is 33.4 Å². The number of aromatic amines is 1. The number of para-hydroxylation sites is 1. The Morgan fingerprint density at radius 3 is 2.49 bits per heavy atom. The highest BCUT2D eigenvalue weighted by molar-refractivity contribution is 8.00. The Balaban J connectivity index is 1.75. The van der Waals surface area contributed by atoms with Crippen molar-refractivity contribution in [2.24, 2.45) is 0 Å². The number of carbonyl (C=O) groups excluding carboxylic acids is 1. The number of aromatic nitrogens is 2. The molecule has 192 valence electrons. The zero-order valence-corrected chi connectivity index (χ0v) is 21.0. The number of ether oxygens (including phenoxy) is 1. The Labute approximate surface area is 205 Å². The van der Waals surface area contributed by atoms with E-state index >= 15 is 0 Å². The van der Waals surface area contributed by atoms with Crippen molar-refractivity contribution in [2.75, 3.05) is 6.61 Å². The van der Waals surface area contributed by atoms with Gasteiger partial charge in [-0.1, -0.05) is 18.2 Å². The first-order valence-electron chi connectivity index (χ1n) is 10.8. The SMILES string of the molecule is CC(C)OC(=O)[C@H](C)N[P@@](=O)(OC[C@H]1S[C@@H](n2ccc(=O)[nH]c2=O)C(O)C1O)Oc1ccccc1. The van der Waals surface area contributed by atoms with Crippen molar-refractivity contribution >= 4 is 25.5 Å². The Bertz CT molecular complexity index is 1170. The van der Waals surface area contributed by atoms with Crippen molar-refractivity contribution in [1.29, 1.82) is 0 Å². The number of nitrogens with one attached hydrogen (secondary N) is 2. The van der Waals surface area contributed by atoms with Crippen molar-refractivity contribution in [1.82, 2.24) is 14.6 Å². The molecule has 0 amide bonds. The highest BCUT2D eigenvalue weighted by Gasteiger charge is 2.45. The number of hydrogen-bond donors (Lipinski definition) is 4. The first kappa shape index (κ1) is 27.2. The number of carbonyl (C=O) groups is 1. The maximum Gasteiger partial charge on any atom is 0.459 e. The molecule has 0 aliphatic carbocycles. The predicted molar refractivity (Wildman–Crippen MR) is 128 cm³/mol. The highest BCUT2D eigenvalue weighted by Crippen LogP contribution is 2.48. The lowest BCUT2D eigenvalue weighted by Crippen LogP contribution is -2.38. The molecule has 3 rings (SSSR count). The molecule has 6 atom stereocenters. The largest absolute Gasteiger partial charge is 0.462 e. The van der Waals surface area contributed by atoms with Crippen LogP contribution in [0.1, 0.15) is 26.1 Å². The van der Waals surface area contributed by atoms with Gasteiger partial charge in [0.1, 0.15) is 23.3 Å². The van der Waals surface area contributed by atoms with Crippen LogP contribution in [-0.2, 0) is 18.6 Å². The average Bonchev–Trinajstić information content (AvgIpc) is 3.06. The lowest BCUT2D eigenvalue weighted by Gasteiger charge is -2.25. The third-order valence-corrected chi connectivity index (χ3v) is 8.09. The van der Waals surface area contributed by atoms with E-state index in [0.717, 1.165) is 22.4 Å². The lowest BCUT2D eigenvalue weighted by molar-refractivity contribution is -0.149. The second kappa shape index (κ2) is 11.5. The number of thioether (sulfide) groups is 1. The molecule has 1 aromatic carbocycles. The molecule has 0 bridgehead atoms. The molecule has 2 heterocycles. The summed E-state index contributed by atoms with van der Waals surface area (Å²) in [6.45, 7) is 4.43. The Morgan fingerprint density at radius 2 is 1.86 bits per heavy atom. The predicted octanol–water partition coefficient (Wildman–Crippen LogP) is 1.01. The van der Waals surface area contributed by atoms with Gasteiger partial charge in [0, 0.05) is 12.3 Å². The minimum absolute atomic E-state index is 0.213. The van der Waals surface area contributed by atoms with Crippen molar-refractivity contribution in [2.45, 2.75) is 55.7 Å². The molecule has 35 heavy (non-hydrogen) atoms. The molecule has 0 spiro atoms. The summed E-state index contributed by atoms with van der Waals surface area (Å²) in [4.78, 5) is 37.8. The van der Waals surface area contributed by atoms with E-state index in [0.29, 0.717) is 0 Å². The lowest BCUT2D eigenvalue weighted by atomic mass is 10.1. The first-order chi connectivity index (χ1) is 16.5. The third-order valence-electron chi connectivity index (χ3n) is 4.90. The summed E-state index contributed by atoms with van der Waals surface area (Å²) in [5.41, 5.74) is -1.35. The van der Waals surface area contributed by atoms with Crippen LogP contribution in [0.3, 0.4) is 0 Å². The second-order valence-corrected chi connectivity index (χ2v) is 11.2. The highest BCUT2D eigenvalue weighted by atomic mass is 32.2.